The largest absolute Gasteiger partial charge is 0.493 e. The van der Waals surface area contributed by atoms with E-state index in [0.717, 1.165) is 15.8 Å². The number of halogens is 2. The van der Waals surface area contributed by atoms with Gasteiger partial charge < -0.3 is 9.47 Å². The van der Waals surface area contributed by atoms with Crippen LogP contribution in [0.1, 0.15) is 18.4 Å². The minimum Gasteiger partial charge on any atom is -0.493 e. The van der Waals surface area contributed by atoms with Gasteiger partial charge in [-0.3, -0.25) is 0 Å². The van der Waals surface area contributed by atoms with Crippen molar-refractivity contribution in [3.05, 3.63) is 28.2 Å². The molecule has 1 aliphatic heterocycles. The summed E-state index contributed by atoms with van der Waals surface area (Å²) in [7, 11) is 1.89. The maximum atomic E-state index is 11.5. The summed E-state index contributed by atoms with van der Waals surface area (Å²) in [4.78, 5) is 0. The van der Waals surface area contributed by atoms with Gasteiger partial charge in [0.1, 0.15) is 5.75 Å². The summed E-state index contributed by atoms with van der Waals surface area (Å²) in [5.41, 5.74) is 0.530. The predicted molar refractivity (Wildman–Crippen MR) is 86.5 cm³/mol. The van der Waals surface area contributed by atoms with Gasteiger partial charge in [-0.25, -0.2) is 8.42 Å². The molecule has 1 aliphatic rings. The van der Waals surface area contributed by atoms with Gasteiger partial charge in [-0.1, -0.05) is 22.0 Å². The summed E-state index contributed by atoms with van der Waals surface area (Å²) in [6.45, 7) is 3.34. The van der Waals surface area contributed by atoms with E-state index in [4.69, 9.17) is 20.2 Å². The number of rotatable bonds is 5. The van der Waals surface area contributed by atoms with E-state index in [1.165, 1.54) is 0 Å². The zero-order valence-corrected chi connectivity index (χ0v) is 14.9. The molecule has 0 aromatic heterocycles. The highest BCUT2D eigenvalue weighted by molar-refractivity contribution is 9.10. The van der Waals surface area contributed by atoms with Gasteiger partial charge in [0.25, 0.3) is 0 Å². The van der Waals surface area contributed by atoms with Crippen LogP contribution in [0.5, 0.6) is 5.75 Å². The first-order valence-electron chi connectivity index (χ1n) is 6.69. The average Bonchev–Trinajstić information content (AvgIpc) is 2.39. The molecule has 0 spiro atoms. The highest BCUT2D eigenvalue weighted by Gasteiger charge is 2.37. The van der Waals surface area contributed by atoms with Crippen molar-refractivity contribution in [1.29, 1.82) is 0 Å². The van der Waals surface area contributed by atoms with Crippen LogP contribution in [0.2, 0.25) is 0 Å². The molecule has 1 fully saturated rings. The van der Waals surface area contributed by atoms with Crippen LogP contribution in [-0.2, 0) is 13.8 Å². The van der Waals surface area contributed by atoms with E-state index in [1.54, 1.807) is 0 Å². The second-order valence-electron chi connectivity index (χ2n) is 5.49. The molecule has 0 aliphatic carbocycles. The summed E-state index contributed by atoms with van der Waals surface area (Å²) >= 11 is 3.41. The summed E-state index contributed by atoms with van der Waals surface area (Å²) < 4.78 is 35.2. The van der Waals surface area contributed by atoms with Crippen LogP contribution in [0, 0.1) is 12.3 Å². The van der Waals surface area contributed by atoms with E-state index < -0.39 is 14.5 Å². The van der Waals surface area contributed by atoms with Gasteiger partial charge in [0, 0.05) is 33.8 Å². The molecule has 1 aromatic carbocycles. The molecule has 118 valence electrons. The van der Waals surface area contributed by atoms with Crippen molar-refractivity contribution in [2.75, 3.05) is 25.6 Å². The van der Waals surface area contributed by atoms with Gasteiger partial charge in [0.2, 0.25) is 9.05 Å². The van der Waals surface area contributed by atoms with Crippen molar-refractivity contribution in [2.24, 2.45) is 5.41 Å². The van der Waals surface area contributed by atoms with Gasteiger partial charge in [-0.15, -0.1) is 0 Å². The molecule has 0 amide bonds. The molecule has 21 heavy (non-hydrogen) atoms. The Morgan fingerprint density at radius 1 is 1.38 bits per heavy atom. The maximum Gasteiger partial charge on any atom is 0.233 e. The van der Waals surface area contributed by atoms with Gasteiger partial charge in [0.15, 0.2) is 0 Å². The Hall–Kier alpha value is -0.300. The first-order valence-corrected chi connectivity index (χ1v) is 9.96. The maximum absolute atomic E-state index is 11.5. The van der Waals surface area contributed by atoms with E-state index in [2.05, 4.69) is 15.9 Å². The lowest BCUT2D eigenvalue weighted by atomic mass is 9.83. The lowest BCUT2D eigenvalue weighted by molar-refractivity contribution is 0.00216. The first kappa shape index (κ1) is 17.1. The average molecular weight is 398 g/mol. The van der Waals surface area contributed by atoms with Crippen molar-refractivity contribution in [2.45, 2.75) is 19.8 Å². The minimum atomic E-state index is -3.58. The monoisotopic (exact) mass is 396 g/mol. The van der Waals surface area contributed by atoms with Crippen molar-refractivity contribution in [1.82, 2.24) is 0 Å². The Kier molecular flexibility index (Phi) is 5.57. The SMILES string of the molecule is Cc1ccc(Br)cc1OCC1(CS(=O)(=O)Cl)CCOCC1. The van der Waals surface area contributed by atoms with Gasteiger partial charge in [-0.2, -0.15) is 0 Å². The van der Waals surface area contributed by atoms with Crippen LogP contribution >= 0.6 is 26.6 Å². The molecule has 4 nitrogen and oxygen atoms in total. The topological polar surface area (TPSA) is 52.6 Å². The normalized spacial score (nSPS) is 18.4. The predicted octanol–water partition coefficient (Wildman–Crippen LogP) is 3.50. The molecular weight excluding hydrogens is 380 g/mol. The number of hydrogen-bond acceptors (Lipinski definition) is 4. The smallest absolute Gasteiger partial charge is 0.233 e. The van der Waals surface area contributed by atoms with Crippen molar-refractivity contribution in [3.63, 3.8) is 0 Å². The van der Waals surface area contributed by atoms with E-state index in [9.17, 15) is 8.42 Å². The molecule has 2 rings (SSSR count). The Morgan fingerprint density at radius 3 is 2.67 bits per heavy atom. The second kappa shape index (κ2) is 6.86. The molecule has 0 saturated carbocycles. The van der Waals surface area contributed by atoms with Gasteiger partial charge in [-0.05, 0) is 37.5 Å². The van der Waals surface area contributed by atoms with Crippen molar-refractivity contribution < 1.29 is 17.9 Å². The van der Waals surface area contributed by atoms with Crippen LogP contribution in [0.3, 0.4) is 0 Å². The summed E-state index contributed by atoms with van der Waals surface area (Å²) in [5, 5.41) is 0. The molecule has 0 atom stereocenters. The standard InChI is InChI=1S/C14H18BrClO4S/c1-11-2-3-12(15)8-13(11)20-9-14(10-21(16,17)18)4-6-19-7-5-14/h2-3,8H,4-7,9-10H2,1H3. The van der Waals surface area contributed by atoms with E-state index in [0.29, 0.717) is 32.7 Å². The van der Waals surface area contributed by atoms with Crippen LogP contribution in [0.4, 0.5) is 0 Å². The summed E-state index contributed by atoms with van der Waals surface area (Å²) in [6, 6.07) is 5.78. The third-order valence-corrected chi connectivity index (χ3v) is 5.49. The zero-order chi connectivity index (χ0) is 15.5. The molecule has 1 aromatic rings. The van der Waals surface area contributed by atoms with Crippen LogP contribution in [-0.4, -0.2) is 34.0 Å². The lowest BCUT2D eigenvalue weighted by Crippen LogP contribution is -2.40. The lowest BCUT2D eigenvalue weighted by Gasteiger charge is -2.35. The Labute approximate surface area is 138 Å². The first-order chi connectivity index (χ1) is 9.80. The van der Waals surface area contributed by atoms with Crippen molar-refractivity contribution >= 4 is 35.7 Å². The van der Waals surface area contributed by atoms with Gasteiger partial charge >= 0.3 is 0 Å². The molecule has 0 bridgehead atoms. The van der Waals surface area contributed by atoms with E-state index >= 15 is 0 Å². The highest BCUT2D eigenvalue weighted by atomic mass is 79.9. The zero-order valence-electron chi connectivity index (χ0n) is 11.8. The quantitative estimate of drug-likeness (QED) is 0.714. The summed E-state index contributed by atoms with van der Waals surface area (Å²) in [5.74, 6) is 0.667. The van der Waals surface area contributed by atoms with E-state index in [-0.39, 0.29) is 5.75 Å². The molecule has 1 saturated heterocycles. The number of aryl methyl sites for hydroxylation is 1. The molecule has 1 heterocycles. The van der Waals surface area contributed by atoms with Crippen LogP contribution in [0.15, 0.2) is 22.7 Å². The third-order valence-electron chi connectivity index (χ3n) is 3.72. The van der Waals surface area contributed by atoms with E-state index in [1.807, 2.05) is 25.1 Å². The molecule has 7 heteroatoms. The fourth-order valence-electron chi connectivity index (χ4n) is 2.46. The Morgan fingerprint density at radius 2 is 2.05 bits per heavy atom. The highest BCUT2D eigenvalue weighted by Crippen LogP contribution is 2.35. The second-order valence-corrected chi connectivity index (χ2v) is 9.19. The molecular formula is C14H18BrClO4S. The van der Waals surface area contributed by atoms with Gasteiger partial charge in [0.05, 0.1) is 12.4 Å². The summed E-state index contributed by atoms with van der Waals surface area (Å²) in [6.07, 6.45) is 1.26. The molecule has 0 unspecified atom stereocenters. The Balaban J connectivity index is 2.14. The van der Waals surface area contributed by atoms with Crippen LogP contribution in [0.25, 0.3) is 0 Å². The molecule has 0 radical (unpaired) electrons. The number of ether oxygens (including phenoxy) is 2. The fourth-order valence-corrected chi connectivity index (χ4v) is 4.60. The third kappa shape index (κ3) is 5.13. The number of hydrogen-bond donors (Lipinski definition) is 0. The number of benzene rings is 1. The fraction of sp³-hybridized carbons (Fsp3) is 0.571. The van der Waals surface area contributed by atoms with Crippen molar-refractivity contribution in [3.8, 4) is 5.75 Å². The minimum absolute atomic E-state index is 0.0854. The molecule has 0 N–H and O–H groups in total. The Bertz CT molecular complexity index is 597. The van der Waals surface area contributed by atoms with Crippen LogP contribution < -0.4 is 4.74 Å².